The number of benzene rings is 3. The molecule has 1 saturated heterocycles. The van der Waals surface area contributed by atoms with Gasteiger partial charge in [0.25, 0.3) is 0 Å². The van der Waals surface area contributed by atoms with Crippen LogP contribution in [0.1, 0.15) is 11.1 Å². The average Bonchev–Trinajstić information content (AvgIpc) is 2.94. The molecule has 188 valence electrons. The Hall–Kier alpha value is -4.21. The van der Waals surface area contributed by atoms with Gasteiger partial charge in [-0.05, 0) is 42.0 Å². The third-order valence-electron chi connectivity index (χ3n) is 5.54. The van der Waals surface area contributed by atoms with Gasteiger partial charge < -0.3 is 19.7 Å². The maximum absolute atomic E-state index is 6.02. The molecule has 4 aromatic rings. The number of nitrogens with one attached hydrogen (secondary N) is 2. The molecule has 0 spiro atoms. The van der Waals surface area contributed by atoms with Crippen LogP contribution in [-0.4, -0.2) is 47.5 Å². The topological polar surface area (TPSA) is 96.8 Å². The zero-order valence-corrected chi connectivity index (χ0v) is 20.8. The minimum atomic E-state index is 0.325. The van der Waals surface area contributed by atoms with Crippen LogP contribution in [0.4, 0.5) is 23.5 Å². The fourth-order valence-electron chi connectivity index (χ4n) is 3.65. The predicted octanol–water partition coefficient (Wildman–Crippen LogP) is 5.13. The highest BCUT2D eigenvalue weighted by Gasteiger charge is 2.16. The van der Waals surface area contributed by atoms with Crippen molar-refractivity contribution < 1.29 is 9.47 Å². The Kier molecular flexibility index (Phi) is 8.04. The van der Waals surface area contributed by atoms with Crippen LogP contribution in [0.5, 0.6) is 5.75 Å². The first kappa shape index (κ1) is 24.5. The maximum Gasteiger partial charge on any atom is 0.250 e. The molecule has 1 aliphatic heterocycles. The molecule has 0 radical (unpaired) electrons. The number of aromatic nitrogens is 3. The van der Waals surface area contributed by atoms with Gasteiger partial charge in [0.05, 0.1) is 19.4 Å². The van der Waals surface area contributed by atoms with Gasteiger partial charge in [-0.1, -0.05) is 54.1 Å². The normalized spacial score (nSPS) is 13.5. The molecule has 0 unspecified atom stereocenters. The summed E-state index contributed by atoms with van der Waals surface area (Å²) in [6, 6.07) is 25.0. The van der Waals surface area contributed by atoms with Crippen LogP contribution in [0, 0.1) is 0 Å². The number of halogens is 1. The van der Waals surface area contributed by atoms with Gasteiger partial charge in [0, 0.05) is 29.4 Å². The molecule has 1 aromatic heterocycles. The summed E-state index contributed by atoms with van der Waals surface area (Å²) in [5.41, 5.74) is 5.66. The number of anilines is 4. The Bertz CT molecular complexity index is 1330. The fourth-order valence-corrected chi connectivity index (χ4v) is 3.77. The van der Waals surface area contributed by atoms with Crippen LogP contribution in [0.15, 0.2) is 84.0 Å². The van der Waals surface area contributed by atoms with Gasteiger partial charge >= 0.3 is 0 Å². The minimum Gasteiger partial charge on any atom is -0.488 e. The summed E-state index contributed by atoms with van der Waals surface area (Å²) in [6.45, 7) is 3.08. The Labute approximate surface area is 220 Å². The first-order valence-corrected chi connectivity index (χ1v) is 12.3. The van der Waals surface area contributed by atoms with Gasteiger partial charge in [-0.25, -0.2) is 5.43 Å². The van der Waals surface area contributed by atoms with Gasteiger partial charge in [0.2, 0.25) is 17.8 Å². The minimum absolute atomic E-state index is 0.325. The summed E-state index contributed by atoms with van der Waals surface area (Å²) in [7, 11) is 0. The monoisotopic (exact) mass is 515 g/mol. The van der Waals surface area contributed by atoms with E-state index in [9.17, 15) is 0 Å². The molecule has 0 aliphatic carbocycles. The van der Waals surface area contributed by atoms with Crippen LogP contribution in [-0.2, 0) is 11.3 Å². The number of para-hydroxylation sites is 2. The van der Waals surface area contributed by atoms with E-state index in [1.54, 1.807) is 6.21 Å². The third-order valence-corrected chi connectivity index (χ3v) is 5.79. The lowest BCUT2D eigenvalue weighted by Crippen LogP contribution is -2.37. The lowest BCUT2D eigenvalue weighted by Gasteiger charge is -2.27. The van der Waals surface area contributed by atoms with Crippen molar-refractivity contribution in [2.45, 2.75) is 6.61 Å². The maximum atomic E-state index is 6.02. The molecule has 9 nitrogen and oxygen atoms in total. The second-order valence-electron chi connectivity index (χ2n) is 8.20. The molecule has 1 fully saturated rings. The number of nitrogens with zero attached hydrogens (tertiary/aromatic N) is 5. The Morgan fingerprint density at radius 1 is 0.892 bits per heavy atom. The van der Waals surface area contributed by atoms with E-state index >= 15 is 0 Å². The van der Waals surface area contributed by atoms with Crippen LogP contribution in [0.3, 0.4) is 0 Å². The molecule has 10 heteroatoms. The molecule has 0 bridgehead atoms. The van der Waals surface area contributed by atoms with Crippen LogP contribution >= 0.6 is 11.6 Å². The highest BCUT2D eigenvalue weighted by atomic mass is 35.5. The van der Waals surface area contributed by atoms with Crippen molar-refractivity contribution in [1.29, 1.82) is 0 Å². The number of rotatable bonds is 9. The number of hydrogen-bond acceptors (Lipinski definition) is 9. The van der Waals surface area contributed by atoms with E-state index in [1.807, 2.05) is 78.9 Å². The molecule has 0 saturated carbocycles. The van der Waals surface area contributed by atoms with Crippen molar-refractivity contribution >= 4 is 41.3 Å². The van der Waals surface area contributed by atoms with Crippen LogP contribution in [0.25, 0.3) is 0 Å². The van der Waals surface area contributed by atoms with E-state index in [0.29, 0.717) is 61.5 Å². The molecule has 5 rings (SSSR count). The Morgan fingerprint density at radius 3 is 2.43 bits per heavy atom. The van der Waals surface area contributed by atoms with Crippen LogP contribution < -0.4 is 20.4 Å². The van der Waals surface area contributed by atoms with E-state index in [-0.39, 0.29) is 0 Å². The largest absolute Gasteiger partial charge is 0.488 e. The van der Waals surface area contributed by atoms with Crippen molar-refractivity contribution in [3.8, 4) is 5.75 Å². The summed E-state index contributed by atoms with van der Waals surface area (Å²) >= 11 is 5.97. The highest BCUT2D eigenvalue weighted by Crippen LogP contribution is 2.20. The SMILES string of the molecule is Clc1ccc(COc2ccccc2/C=N/Nc2nc(Nc3ccccc3)nc(N3CCOCC3)n2)cc1. The standard InChI is InChI=1S/C27H26ClN7O2/c28-22-12-10-20(11-13-22)19-37-24-9-5-4-6-21(24)18-29-34-26-31-25(30-23-7-2-1-3-8-23)32-27(33-26)35-14-16-36-17-15-35/h1-13,18H,14-17,19H2,(H2,30,31,32,33,34)/b29-18+. The molecule has 1 aliphatic rings. The van der Waals surface area contributed by atoms with E-state index in [0.717, 1.165) is 16.8 Å². The Balaban J connectivity index is 1.31. The summed E-state index contributed by atoms with van der Waals surface area (Å²) in [4.78, 5) is 15.8. The molecule has 37 heavy (non-hydrogen) atoms. The van der Waals surface area contributed by atoms with Crippen molar-refractivity contribution in [3.63, 3.8) is 0 Å². The van der Waals surface area contributed by atoms with Crippen molar-refractivity contribution in [1.82, 2.24) is 15.0 Å². The van der Waals surface area contributed by atoms with Gasteiger partial charge in [-0.2, -0.15) is 20.1 Å². The zero-order valence-electron chi connectivity index (χ0n) is 20.0. The van der Waals surface area contributed by atoms with E-state index in [1.165, 1.54) is 0 Å². The number of morpholine rings is 1. The molecule has 2 N–H and O–H groups in total. The van der Waals surface area contributed by atoms with E-state index in [4.69, 9.17) is 21.1 Å². The fraction of sp³-hybridized carbons (Fsp3) is 0.185. The van der Waals surface area contributed by atoms with Gasteiger partial charge in [-0.3, -0.25) is 0 Å². The van der Waals surface area contributed by atoms with Gasteiger partial charge in [0.1, 0.15) is 12.4 Å². The van der Waals surface area contributed by atoms with Crippen LogP contribution in [0.2, 0.25) is 5.02 Å². The third kappa shape index (κ3) is 6.93. The Morgan fingerprint density at radius 2 is 1.62 bits per heavy atom. The molecule has 0 amide bonds. The first-order valence-electron chi connectivity index (χ1n) is 11.9. The number of ether oxygens (including phenoxy) is 2. The summed E-state index contributed by atoms with van der Waals surface area (Å²) in [6.07, 6.45) is 1.68. The average molecular weight is 516 g/mol. The molecular formula is C27H26ClN7O2. The van der Waals surface area contributed by atoms with Crippen molar-refractivity contribution in [3.05, 3.63) is 95.0 Å². The lowest BCUT2D eigenvalue weighted by molar-refractivity contribution is 0.122. The molecule has 0 atom stereocenters. The number of hydrogen-bond donors (Lipinski definition) is 2. The summed E-state index contributed by atoms with van der Waals surface area (Å²) < 4.78 is 11.5. The molecular weight excluding hydrogens is 490 g/mol. The quantitative estimate of drug-likeness (QED) is 0.234. The summed E-state index contributed by atoms with van der Waals surface area (Å²) in [5, 5.41) is 8.31. The summed E-state index contributed by atoms with van der Waals surface area (Å²) in [5.74, 6) is 2.01. The second-order valence-corrected chi connectivity index (χ2v) is 8.63. The van der Waals surface area contributed by atoms with E-state index in [2.05, 4.69) is 35.7 Å². The highest BCUT2D eigenvalue weighted by molar-refractivity contribution is 6.30. The molecule has 2 heterocycles. The molecule has 3 aromatic carbocycles. The van der Waals surface area contributed by atoms with Gasteiger partial charge in [0.15, 0.2) is 0 Å². The van der Waals surface area contributed by atoms with Crippen molar-refractivity contribution in [2.24, 2.45) is 5.10 Å². The lowest BCUT2D eigenvalue weighted by atomic mass is 10.2. The second kappa shape index (κ2) is 12.2. The number of hydrazone groups is 1. The van der Waals surface area contributed by atoms with Gasteiger partial charge in [-0.15, -0.1) is 0 Å². The smallest absolute Gasteiger partial charge is 0.250 e. The van der Waals surface area contributed by atoms with Crippen molar-refractivity contribution in [2.75, 3.05) is 41.9 Å². The first-order chi connectivity index (χ1) is 18.2. The zero-order chi connectivity index (χ0) is 25.3. The van der Waals surface area contributed by atoms with E-state index < -0.39 is 0 Å². The predicted molar refractivity (Wildman–Crippen MR) is 146 cm³/mol.